The van der Waals surface area contributed by atoms with Crippen molar-refractivity contribution in [2.24, 2.45) is 0 Å². The molecule has 1 saturated heterocycles. The topological polar surface area (TPSA) is 50.8 Å². The number of para-hydroxylation sites is 2. The van der Waals surface area contributed by atoms with Gasteiger partial charge in [-0.25, -0.2) is 0 Å². The molecule has 0 atom stereocenters. The van der Waals surface area contributed by atoms with Gasteiger partial charge in [-0.15, -0.1) is 0 Å². The van der Waals surface area contributed by atoms with Crippen LogP contribution >= 0.6 is 0 Å². The van der Waals surface area contributed by atoms with E-state index in [0.29, 0.717) is 0 Å². The summed E-state index contributed by atoms with van der Waals surface area (Å²) in [7, 11) is 3.25. The lowest BCUT2D eigenvalue weighted by Gasteiger charge is -2.25. The minimum Gasteiger partial charge on any atom is -0.493 e. The van der Waals surface area contributed by atoms with Crippen molar-refractivity contribution in [1.82, 2.24) is 10.2 Å². The Bertz CT molecular complexity index is 406. The third kappa shape index (κ3) is 4.93. The van der Waals surface area contributed by atoms with Crippen LogP contribution in [-0.4, -0.2) is 51.2 Å². The molecular weight excluding hydrogens is 256 g/mol. The molecule has 5 nitrogen and oxygen atoms in total. The number of hydrogen-bond acceptors (Lipinski definition) is 4. The van der Waals surface area contributed by atoms with Crippen LogP contribution in [0.2, 0.25) is 0 Å². The van der Waals surface area contributed by atoms with Crippen molar-refractivity contribution in [2.75, 3.05) is 40.4 Å². The van der Waals surface area contributed by atoms with E-state index in [4.69, 9.17) is 9.47 Å². The van der Waals surface area contributed by atoms with Gasteiger partial charge in [-0.3, -0.25) is 4.79 Å². The van der Waals surface area contributed by atoms with Crippen molar-refractivity contribution in [1.29, 1.82) is 0 Å². The Hall–Kier alpha value is -2.01. The van der Waals surface area contributed by atoms with E-state index in [0.717, 1.165) is 37.7 Å². The van der Waals surface area contributed by atoms with E-state index in [1.807, 2.05) is 24.3 Å². The average molecular weight is 278 g/mol. The number of rotatable bonds is 3. The van der Waals surface area contributed by atoms with Gasteiger partial charge in [0.05, 0.1) is 14.2 Å². The van der Waals surface area contributed by atoms with Crippen LogP contribution in [0, 0.1) is 0 Å². The van der Waals surface area contributed by atoms with Crippen LogP contribution in [-0.2, 0) is 4.79 Å². The summed E-state index contributed by atoms with van der Waals surface area (Å²) >= 11 is 0. The van der Waals surface area contributed by atoms with Crippen molar-refractivity contribution in [2.45, 2.75) is 0 Å². The molecule has 0 unspecified atom stereocenters. The number of carbonyl (C=O) groups excluding carboxylic acids is 1. The average Bonchev–Trinajstić information content (AvgIpc) is 2.55. The lowest BCUT2D eigenvalue weighted by atomic mass is 10.3. The Morgan fingerprint density at radius 1 is 1.20 bits per heavy atom. The highest BCUT2D eigenvalue weighted by Crippen LogP contribution is 2.24. The highest BCUT2D eigenvalue weighted by atomic mass is 16.5. The molecule has 0 saturated carbocycles. The third-order valence-corrected chi connectivity index (χ3v) is 2.89. The van der Waals surface area contributed by atoms with Gasteiger partial charge in [-0.2, -0.15) is 0 Å². The van der Waals surface area contributed by atoms with Gasteiger partial charge < -0.3 is 19.7 Å². The van der Waals surface area contributed by atoms with Crippen LogP contribution in [0.1, 0.15) is 0 Å². The Balaban J connectivity index is 0.000000200. The van der Waals surface area contributed by atoms with E-state index < -0.39 is 0 Å². The zero-order chi connectivity index (χ0) is 14.8. The number of amides is 1. The van der Waals surface area contributed by atoms with Crippen LogP contribution in [0.4, 0.5) is 0 Å². The zero-order valence-corrected chi connectivity index (χ0v) is 12.1. The second-order valence-corrected chi connectivity index (χ2v) is 4.13. The Morgan fingerprint density at radius 2 is 1.70 bits per heavy atom. The number of carbonyl (C=O) groups is 1. The van der Waals surface area contributed by atoms with Crippen molar-refractivity contribution < 1.29 is 14.3 Å². The highest BCUT2D eigenvalue weighted by Gasteiger charge is 2.11. The molecule has 1 aromatic carbocycles. The van der Waals surface area contributed by atoms with E-state index in [2.05, 4.69) is 11.9 Å². The van der Waals surface area contributed by atoms with E-state index in [-0.39, 0.29) is 5.91 Å². The summed E-state index contributed by atoms with van der Waals surface area (Å²) in [6, 6.07) is 7.53. The molecule has 0 radical (unpaired) electrons. The molecule has 1 fully saturated rings. The van der Waals surface area contributed by atoms with Gasteiger partial charge in [-0.05, 0) is 18.2 Å². The van der Waals surface area contributed by atoms with Crippen LogP contribution in [0.15, 0.2) is 36.9 Å². The van der Waals surface area contributed by atoms with Gasteiger partial charge in [0.25, 0.3) is 0 Å². The second-order valence-electron chi connectivity index (χ2n) is 4.13. The predicted octanol–water partition coefficient (Wildman–Crippen LogP) is 1.31. The summed E-state index contributed by atoms with van der Waals surface area (Å²) in [6.45, 7) is 6.85. The highest BCUT2D eigenvalue weighted by molar-refractivity contribution is 5.87. The van der Waals surface area contributed by atoms with Gasteiger partial charge in [0.2, 0.25) is 5.91 Å². The number of methoxy groups -OCH3 is 2. The number of ether oxygens (including phenoxy) is 2. The molecule has 1 heterocycles. The molecule has 0 bridgehead atoms. The van der Waals surface area contributed by atoms with Crippen LogP contribution in [0.25, 0.3) is 0 Å². The van der Waals surface area contributed by atoms with E-state index in [1.165, 1.54) is 6.08 Å². The molecule has 110 valence electrons. The standard InChI is InChI=1S/C8H10O2.C7H12N2O/c1-9-7-5-3-4-6-8(7)10-2;1-2-7(10)9-5-3-8-4-6-9/h3-6H,1-2H3;2,8H,1,3-6H2. The minimum absolute atomic E-state index is 0.0431. The smallest absolute Gasteiger partial charge is 0.246 e. The van der Waals surface area contributed by atoms with Crippen molar-refractivity contribution in [3.8, 4) is 11.5 Å². The van der Waals surface area contributed by atoms with Crippen molar-refractivity contribution in [3.05, 3.63) is 36.9 Å². The lowest BCUT2D eigenvalue weighted by molar-refractivity contribution is -0.126. The molecular formula is C15H22N2O3. The van der Waals surface area contributed by atoms with Crippen LogP contribution in [0.5, 0.6) is 11.5 Å². The van der Waals surface area contributed by atoms with E-state index in [1.54, 1.807) is 19.1 Å². The first-order chi connectivity index (χ1) is 9.72. The van der Waals surface area contributed by atoms with Crippen molar-refractivity contribution >= 4 is 5.91 Å². The molecule has 1 aliphatic heterocycles. The maximum absolute atomic E-state index is 10.9. The van der Waals surface area contributed by atoms with Gasteiger partial charge >= 0.3 is 0 Å². The van der Waals surface area contributed by atoms with Crippen molar-refractivity contribution in [3.63, 3.8) is 0 Å². The predicted molar refractivity (Wildman–Crippen MR) is 79.2 cm³/mol. The molecule has 2 rings (SSSR count). The summed E-state index contributed by atoms with van der Waals surface area (Å²) in [5.41, 5.74) is 0. The fourth-order valence-electron chi connectivity index (χ4n) is 1.80. The summed E-state index contributed by atoms with van der Waals surface area (Å²) in [5.74, 6) is 1.58. The number of hydrogen-bond donors (Lipinski definition) is 1. The van der Waals surface area contributed by atoms with E-state index >= 15 is 0 Å². The SMILES string of the molecule is C=CC(=O)N1CCNCC1.COc1ccccc1OC. The fourth-order valence-corrected chi connectivity index (χ4v) is 1.80. The normalized spacial score (nSPS) is 13.8. The van der Waals surface area contributed by atoms with Crippen LogP contribution in [0.3, 0.4) is 0 Å². The molecule has 20 heavy (non-hydrogen) atoms. The lowest BCUT2D eigenvalue weighted by Crippen LogP contribution is -2.45. The summed E-state index contributed by atoms with van der Waals surface area (Å²) in [5, 5.41) is 3.17. The second kappa shape index (κ2) is 8.98. The first kappa shape index (κ1) is 16.0. The van der Waals surface area contributed by atoms with E-state index in [9.17, 15) is 4.79 Å². The molecule has 0 aliphatic carbocycles. The Morgan fingerprint density at radius 3 is 2.10 bits per heavy atom. The monoisotopic (exact) mass is 278 g/mol. The maximum atomic E-state index is 10.9. The molecule has 0 aromatic heterocycles. The Labute approximate surface area is 120 Å². The zero-order valence-electron chi connectivity index (χ0n) is 12.1. The maximum Gasteiger partial charge on any atom is 0.246 e. The first-order valence-electron chi connectivity index (χ1n) is 6.52. The van der Waals surface area contributed by atoms with Gasteiger partial charge in [0, 0.05) is 26.2 Å². The number of piperazine rings is 1. The number of nitrogens with zero attached hydrogens (tertiary/aromatic N) is 1. The fraction of sp³-hybridized carbons (Fsp3) is 0.400. The largest absolute Gasteiger partial charge is 0.493 e. The third-order valence-electron chi connectivity index (χ3n) is 2.89. The summed E-state index contributed by atoms with van der Waals surface area (Å²) in [4.78, 5) is 12.7. The van der Waals surface area contributed by atoms with Gasteiger partial charge in [-0.1, -0.05) is 18.7 Å². The quantitative estimate of drug-likeness (QED) is 0.847. The molecule has 5 heteroatoms. The van der Waals surface area contributed by atoms with Gasteiger partial charge in [0.15, 0.2) is 11.5 Å². The molecule has 1 amide bonds. The summed E-state index contributed by atoms with van der Waals surface area (Å²) in [6.07, 6.45) is 1.37. The summed E-state index contributed by atoms with van der Waals surface area (Å²) < 4.78 is 10.0. The minimum atomic E-state index is 0.0431. The molecule has 0 spiro atoms. The number of benzene rings is 1. The molecule has 1 N–H and O–H groups in total. The first-order valence-corrected chi connectivity index (χ1v) is 6.52. The molecule has 1 aromatic rings. The van der Waals surface area contributed by atoms with Crippen LogP contribution < -0.4 is 14.8 Å². The van der Waals surface area contributed by atoms with Gasteiger partial charge in [0.1, 0.15) is 0 Å². The molecule has 1 aliphatic rings. The number of nitrogens with one attached hydrogen (secondary N) is 1. The Kier molecular flexibility index (Phi) is 7.21.